The number of likely N-dealkylation sites (N-methyl/N-ethyl adjacent to an activating group) is 1. The molecular weight excluding hydrogens is 198 g/mol. The predicted octanol–water partition coefficient (Wildman–Crippen LogP) is 1.26. The lowest BCUT2D eigenvalue weighted by molar-refractivity contribution is 0.102. The Labute approximate surface area is 101 Å². The molecule has 0 saturated carbocycles. The van der Waals surface area contributed by atoms with E-state index in [-0.39, 0.29) is 0 Å². The van der Waals surface area contributed by atoms with Gasteiger partial charge in [0, 0.05) is 25.2 Å². The van der Waals surface area contributed by atoms with Gasteiger partial charge in [0.25, 0.3) is 0 Å². The maximum Gasteiger partial charge on any atom is 0.0233 e. The molecule has 1 aliphatic heterocycles. The molecule has 1 heterocycles. The Kier molecular flexibility index (Phi) is 5.73. The zero-order valence-electron chi connectivity index (χ0n) is 11.7. The molecule has 0 aromatic rings. The molecule has 0 aliphatic carbocycles. The van der Waals surface area contributed by atoms with Gasteiger partial charge >= 0.3 is 0 Å². The summed E-state index contributed by atoms with van der Waals surface area (Å²) in [6.45, 7) is 8.13. The van der Waals surface area contributed by atoms with E-state index in [0.717, 1.165) is 25.0 Å². The van der Waals surface area contributed by atoms with E-state index in [4.69, 9.17) is 0 Å². The zero-order chi connectivity index (χ0) is 12.1. The van der Waals surface area contributed by atoms with Crippen LogP contribution in [0, 0.1) is 5.92 Å². The Morgan fingerprint density at radius 2 is 1.88 bits per heavy atom. The fourth-order valence-corrected chi connectivity index (χ4v) is 2.51. The van der Waals surface area contributed by atoms with Crippen LogP contribution in [-0.4, -0.2) is 62.7 Å². The molecule has 1 unspecified atom stereocenters. The summed E-state index contributed by atoms with van der Waals surface area (Å²) in [6.07, 6.45) is 2.58. The minimum Gasteiger partial charge on any atom is -0.314 e. The number of hydrogen-bond donors (Lipinski definition) is 1. The molecule has 16 heavy (non-hydrogen) atoms. The number of nitrogens with one attached hydrogen (secondary N) is 1. The molecule has 1 fully saturated rings. The lowest BCUT2D eigenvalue weighted by Crippen LogP contribution is -2.56. The number of rotatable bonds is 5. The minimum absolute atomic E-state index is 0.708. The van der Waals surface area contributed by atoms with Crippen LogP contribution >= 0.6 is 0 Å². The molecule has 3 heteroatoms. The maximum absolute atomic E-state index is 3.58. The van der Waals surface area contributed by atoms with Gasteiger partial charge in [0.05, 0.1) is 0 Å². The average molecular weight is 227 g/mol. The molecule has 3 nitrogen and oxygen atoms in total. The Morgan fingerprint density at radius 3 is 2.44 bits per heavy atom. The van der Waals surface area contributed by atoms with Crippen molar-refractivity contribution in [2.45, 2.75) is 38.8 Å². The van der Waals surface area contributed by atoms with Gasteiger partial charge in [0.15, 0.2) is 0 Å². The molecule has 0 aromatic carbocycles. The Morgan fingerprint density at radius 1 is 1.25 bits per heavy atom. The van der Waals surface area contributed by atoms with Gasteiger partial charge in [-0.05, 0) is 46.4 Å². The fourth-order valence-electron chi connectivity index (χ4n) is 2.51. The van der Waals surface area contributed by atoms with Gasteiger partial charge in [-0.25, -0.2) is 0 Å². The third kappa shape index (κ3) is 4.40. The van der Waals surface area contributed by atoms with E-state index in [1.54, 1.807) is 0 Å². The van der Waals surface area contributed by atoms with Crippen LogP contribution in [0.3, 0.4) is 0 Å². The Bertz CT molecular complexity index is 192. The summed E-state index contributed by atoms with van der Waals surface area (Å²) in [5.41, 5.74) is 0. The second kappa shape index (κ2) is 6.58. The van der Waals surface area contributed by atoms with Gasteiger partial charge in [-0.1, -0.05) is 13.8 Å². The molecule has 1 aliphatic rings. The summed E-state index contributed by atoms with van der Waals surface area (Å²) in [7, 11) is 6.61. The monoisotopic (exact) mass is 227 g/mol. The molecule has 0 spiro atoms. The number of nitrogens with zero attached hydrogens (tertiary/aromatic N) is 2. The first-order chi connectivity index (χ1) is 7.50. The zero-order valence-corrected chi connectivity index (χ0v) is 11.7. The minimum atomic E-state index is 0.708. The van der Waals surface area contributed by atoms with Crippen molar-refractivity contribution in [3.63, 3.8) is 0 Å². The van der Waals surface area contributed by atoms with E-state index in [1.807, 2.05) is 0 Å². The molecule has 1 saturated heterocycles. The highest BCUT2D eigenvalue weighted by Crippen LogP contribution is 2.17. The molecule has 0 aromatic heterocycles. The van der Waals surface area contributed by atoms with Crippen LogP contribution in [0.25, 0.3) is 0 Å². The first-order valence-electron chi connectivity index (χ1n) is 6.58. The molecule has 1 rings (SSSR count). The van der Waals surface area contributed by atoms with Crippen molar-refractivity contribution in [3.05, 3.63) is 0 Å². The van der Waals surface area contributed by atoms with E-state index in [2.05, 4.69) is 50.1 Å². The highest BCUT2D eigenvalue weighted by molar-refractivity contribution is 4.86. The second-order valence-electron chi connectivity index (χ2n) is 5.85. The topological polar surface area (TPSA) is 18.5 Å². The lowest BCUT2D eigenvalue weighted by Gasteiger charge is -2.41. The van der Waals surface area contributed by atoms with Crippen molar-refractivity contribution in [3.8, 4) is 0 Å². The van der Waals surface area contributed by atoms with Gasteiger partial charge in [-0.3, -0.25) is 4.90 Å². The van der Waals surface area contributed by atoms with Crippen molar-refractivity contribution in [1.29, 1.82) is 0 Å². The van der Waals surface area contributed by atoms with Crippen molar-refractivity contribution in [1.82, 2.24) is 15.1 Å². The van der Waals surface area contributed by atoms with Crippen molar-refractivity contribution in [2.24, 2.45) is 5.92 Å². The van der Waals surface area contributed by atoms with Gasteiger partial charge < -0.3 is 10.2 Å². The highest BCUT2D eigenvalue weighted by atomic mass is 15.2. The van der Waals surface area contributed by atoms with E-state index in [9.17, 15) is 0 Å². The van der Waals surface area contributed by atoms with E-state index >= 15 is 0 Å². The summed E-state index contributed by atoms with van der Waals surface area (Å²) in [5.74, 6) is 0.793. The summed E-state index contributed by atoms with van der Waals surface area (Å²) in [6, 6.07) is 1.43. The van der Waals surface area contributed by atoms with Crippen LogP contribution in [0.5, 0.6) is 0 Å². The second-order valence-corrected chi connectivity index (χ2v) is 5.85. The lowest BCUT2D eigenvalue weighted by atomic mass is 9.98. The quantitative estimate of drug-likeness (QED) is 0.763. The van der Waals surface area contributed by atoms with E-state index in [1.165, 1.54) is 19.4 Å². The third-order valence-corrected chi connectivity index (χ3v) is 3.56. The van der Waals surface area contributed by atoms with Crippen LogP contribution in [-0.2, 0) is 0 Å². The molecule has 0 radical (unpaired) electrons. The summed E-state index contributed by atoms with van der Waals surface area (Å²) in [5, 5.41) is 3.58. The van der Waals surface area contributed by atoms with Crippen molar-refractivity contribution >= 4 is 0 Å². The van der Waals surface area contributed by atoms with E-state index in [0.29, 0.717) is 6.04 Å². The molecule has 96 valence electrons. The van der Waals surface area contributed by atoms with Gasteiger partial charge in [-0.2, -0.15) is 0 Å². The summed E-state index contributed by atoms with van der Waals surface area (Å²) < 4.78 is 0. The van der Waals surface area contributed by atoms with Crippen LogP contribution in [0.1, 0.15) is 26.7 Å². The molecule has 1 N–H and O–H groups in total. The molecule has 0 amide bonds. The summed E-state index contributed by atoms with van der Waals surface area (Å²) >= 11 is 0. The normalized spacial score (nSPS) is 27.9. The SMILES string of the molecule is CC(C)C[C@@H]1CNCC(CCN(C)C)N1C. The van der Waals surface area contributed by atoms with Crippen molar-refractivity contribution < 1.29 is 0 Å². The predicted molar refractivity (Wildman–Crippen MR) is 70.8 cm³/mol. The smallest absolute Gasteiger partial charge is 0.0233 e. The fraction of sp³-hybridized carbons (Fsp3) is 1.00. The molecule has 2 atom stereocenters. The standard InChI is InChI=1S/C13H29N3/c1-11(2)8-13-10-14-9-12(16(13)5)6-7-15(3)4/h11-14H,6-10H2,1-5H3/t12?,13-/m1/s1. The van der Waals surface area contributed by atoms with Crippen LogP contribution in [0.4, 0.5) is 0 Å². The van der Waals surface area contributed by atoms with Crippen LogP contribution < -0.4 is 5.32 Å². The Hall–Kier alpha value is -0.120. The molecular formula is C13H29N3. The average Bonchev–Trinajstić information content (AvgIpc) is 2.18. The molecule has 0 bridgehead atoms. The summed E-state index contributed by atoms with van der Waals surface area (Å²) in [4.78, 5) is 4.87. The highest BCUT2D eigenvalue weighted by Gasteiger charge is 2.27. The van der Waals surface area contributed by atoms with Gasteiger partial charge in [-0.15, -0.1) is 0 Å². The van der Waals surface area contributed by atoms with Gasteiger partial charge in [0.1, 0.15) is 0 Å². The van der Waals surface area contributed by atoms with Crippen LogP contribution in [0.2, 0.25) is 0 Å². The first kappa shape index (κ1) is 13.9. The van der Waals surface area contributed by atoms with Crippen molar-refractivity contribution in [2.75, 3.05) is 40.8 Å². The first-order valence-corrected chi connectivity index (χ1v) is 6.58. The van der Waals surface area contributed by atoms with Crippen LogP contribution in [0.15, 0.2) is 0 Å². The largest absolute Gasteiger partial charge is 0.314 e. The van der Waals surface area contributed by atoms with E-state index < -0.39 is 0 Å². The number of hydrogen-bond acceptors (Lipinski definition) is 3. The third-order valence-electron chi connectivity index (χ3n) is 3.56. The maximum atomic E-state index is 3.58. The number of piperazine rings is 1. The van der Waals surface area contributed by atoms with Gasteiger partial charge in [0.2, 0.25) is 0 Å². The Balaban J connectivity index is 2.40.